The second kappa shape index (κ2) is 7.21. The Morgan fingerprint density at radius 3 is 2.71 bits per heavy atom. The van der Waals surface area contributed by atoms with Crippen LogP contribution in [0.4, 0.5) is 5.82 Å². The summed E-state index contributed by atoms with van der Waals surface area (Å²) < 4.78 is 1.01. The molecule has 1 unspecified atom stereocenters. The van der Waals surface area contributed by atoms with Crippen molar-refractivity contribution in [1.82, 2.24) is 9.88 Å². The molecule has 2 heterocycles. The number of nitrogens with zero attached hydrogens (tertiary/aromatic N) is 3. The number of halogens is 1. The molecule has 1 saturated heterocycles. The van der Waals surface area contributed by atoms with E-state index in [0.29, 0.717) is 13.1 Å². The van der Waals surface area contributed by atoms with E-state index in [1.165, 1.54) is 5.56 Å². The van der Waals surface area contributed by atoms with Gasteiger partial charge in [0, 0.05) is 37.7 Å². The average Bonchev–Trinajstić information content (AvgIpc) is 2.91. The van der Waals surface area contributed by atoms with Crippen LogP contribution in [0, 0.1) is 6.92 Å². The standard InChI is InChI=1S/C19H24BrN3O/c1-15-17(20)8-9-18(21-15)22(2)13-19(24)10-11-23(14-19)12-16-6-4-3-5-7-16/h3-9,24H,10-14H2,1-2H3. The van der Waals surface area contributed by atoms with Gasteiger partial charge >= 0.3 is 0 Å². The summed E-state index contributed by atoms with van der Waals surface area (Å²) in [6.45, 7) is 5.08. The number of benzene rings is 1. The first-order valence-corrected chi connectivity index (χ1v) is 9.07. The Labute approximate surface area is 152 Å². The lowest BCUT2D eigenvalue weighted by Crippen LogP contribution is -2.44. The first-order chi connectivity index (χ1) is 11.5. The Morgan fingerprint density at radius 1 is 1.25 bits per heavy atom. The normalized spacial score (nSPS) is 21.2. The zero-order chi connectivity index (χ0) is 17.2. The van der Waals surface area contributed by atoms with Crippen LogP contribution in [0.25, 0.3) is 0 Å². The van der Waals surface area contributed by atoms with Gasteiger partial charge in [-0.3, -0.25) is 4.90 Å². The predicted molar refractivity (Wildman–Crippen MR) is 101 cm³/mol. The van der Waals surface area contributed by atoms with E-state index in [0.717, 1.165) is 35.5 Å². The van der Waals surface area contributed by atoms with Crippen LogP contribution in [0.15, 0.2) is 46.9 Å². The fourth-order valence-corrected chi connectivity index (χ4v) is 3.53. The van der Waals surface area contributed by atoms with Crippen molar-refractivity contribution in [3.05, 3.63) is 58.2 Å². The van der Waals surface area contributed by atoms with Crippen LogP contribution < -0.4 is 4.90 Å². The molecule has 1 aliphatic heterocycles. The number of hydrogen-bond acceptors (Lipinski definition) is 4. The highest BCUT2D eigenvalue weighted by molar-refractivity contribution is 9.10. The molecule has 1 aromatic heterocycles. The van der Waals surface area contributed by atoms with E-state index >= 15 is 0 Å². The van der Waals surface area contributed by atoms with Gasteiger partial charge < -0.3 is 10.0 Å². The van der Waals surface area contributed by atoms with Crippen LogP contribution >= 0.6 is 15.9 Å². The van der Waals surface area contributed by atoms with Crippen molar-refractivity contribution in [1.29, 1.82) is 0 Å². The van der Waals surface area contributed by atoms with Crippen molar-refractivity contribution in [2.45, 2.75) is 25.5 Å². The van der Waals surface area contributed by atoms with Gasteiger partial charge in [0.1, 0.15) is 5.82 Å². The topological polar surface area (TPSA) is 39.6 Å². The smallest absolute Gasteiger partial charge is 0.128 e. The Bertz CT molecular complexity index is 694. The number of likely N-dealkylation sites (tertiary alicyclic amines) is 1. The third kappa shape index (κ3) is 4.15. The molecule has 3 rings (SSSR count). The van der Waals surface area contributed by atoms with E-state index < -0.39 is 5.60 Å². The molecule has 0 bridgehead atoms. The molecule has 1 atom stereocenters. The van der Waals surface area contributed by atoms with Gasteiger partial charge in [-0.2, -0.15) is 0 Å². The molecule has 5 heteroatoms. The molecule has 0 amide bonds. The lowest BCUT2D eigenvalue weighted by molar-refractivity contribution is 0.0561. The van der Waals surface area contributed by atoms with Crippen molar-refractivity contribution in [3.8, 4) is 0 Å². The maximum absolute atomic E-state index is 11.0. The summed E-state index contributed by atoms with van der Waals surface area (Å²) in [5, 5.41) is 11.0. The molecule has 0 saturated carbocycles. The lowest BCUT2D eigenvalue weighted by Gasteiger charge is -2.30. The number of aryl methyl sites for hydroxylation is 1. The molecular weight excluding hydrogens is 366 g/mol. The maximum Gasteiger partial charge on any atom is 0.128 e. The van der Waals surface area contributed by atoms with Crippen molar-refractivity contribution < 1.29 is 5.11 Å². The number of hydrogen-bond donors (Lipinski definition) is 1. The zero-order valence-corrected chi connectivity index (χ0v) is 15.8. The fourth-order valence-electron chi connectivity index (χ4n) is 3.31. The number of pyridine rings is 1. The molecule has 1 N–H and O–H groups in total. The monoisotopic (exact) mass is 389 g/mol. The molecule has 1 aliphatic rings. The van der Waals surface area contributed by atoms with Crippen LogP contribution in [-0.2, 0) is 6.54 Å². The molecule has 0 aliphatic carbocycles. The van der Waals surface area contributed by atoms with Gasteiger partial charge in [0.2, 0.25) is 0 Å². The number of anilines is 1. The number of aliphatic hydroxyl groups is 1. The maximum atomic E-state index is 11.0. The molecule has 128 valence electrons. The fraction of sp³-hybridized carbons (Fsp3) is 0.421. The lowest BCUT2D eigenvalue weighted by atomic mass is 10.0. The van der Waals surface area contributed by atoms with Crippen LogP contribution in [-0.4, -0.2) is 47.3 Å². The van der Waals surface area contributed by atoms with Crippen LogP contribution in [0.1, 0.15) is 17.7 Å². The molecule has 1 aromatic carbocycles. The van der Waals surface area contributed by atoms with Crippen molar-refractivity contribution in [2.75, 3.05) is 31.6 Å². The quantitative estimate of drug-likeness (QED) is 0.851. The van der Waals surface area contributed by atoms with Gasteiger partial charge in [-0.15, -0.1) is 0 Å². The summed E-state index contributed by atoms with van der Waals surface area (Å²) in [6.07, 6.45) is 0.791. The summed E-state index contributed by atoms with van der Waals surface area (Å²) in [5.41, 5.74) is 1.57. The highest BCUT2D eigenvalue weighted by Gasteiger charge is 2.37. The molecule has 1 fully saturated rings. The molecule has 2 aromatic rings. The Kier molecular flexibility index (Phi) is 5.23. The Hall–Kier alpha value is -1.43. The van der Waals surface area contributed by atoms with Gasteiger partial charge in [-0.05, 0) is 47.0 Å². The Morgan fingerprint density at radius 2 is 2.00 bits per heavy atom. The van der Waals surface area contributed by atoms with E-state index in [1.54, 1.807) is 0 Å². The summed E-state index contributed by atoms with van der Waals surface area (Å²) in [4.78, 5) is 8.96. The van der Waals surface area contributed by atoms with Crippen molar-refractivity contribution >= 4 is 21.7 Å². The van der Waals surface area contributed by atoms with Gasteiger partial charge in [0.05, 0.1) is 11.3 Å². The molecule has 0 radical (unpaired) electrons. The summed E-state index contributed by atoms with van der Waals surface area (Å²) >= 11 is 3.48. The van der Waals surface area contributed by atoms with E-state index in [2.05, 4.69) is 50.1 Å². The summed E-state index contributed by atoms with van der Waals surface area (Å²) in [6, 6.07) is 14.4. The minimum atomic E-state index is -0.688. The van der Waals surface area contributed by atoms with Crippen LogP contribution in [0.3, 0.4) is 0 Å². The minimum absolute atomic E-state index is 0.590. The zero-order valence-electron chi connectivity index (χ0n) is 14.2. The van der Waals surface area contributed by atoms with Gasteiger partial charge in [-0.25, -0.2) is 4.98 Å². The van der Waals surface area contributed by atoms with Gasteiger partial charge in [-0.1, -0.05) is 30.3 Å². The van der Waals surface area contributed by atoms with Gasteiger partial charge in [0.15, 0.2) is 0 Å². The predicted octanol–water partition coefficient (Wildman–Crippen LogP) is 3.23. The van der Waals surface area contributed by atoms with Crippen LogP contribution in [0.5, 0.6) is 0 Å². The van der Waals surface area contributed by atoms with Crippen LogP contribution in [0.2, 0.25) is 0 Å². The largest absolute Gasteiger partial charge is 0.387 e. The van der Waals surface area contributed by atoms with E-state index in [-0.39, 0.29) is 0 Å². The van der Waals surface area contributed by atoms with Crippen molar-refractivity contribution in [2.24, 2.45) is 0 Å². The van der Waals surface area contributed by atoms with Crippen molar-refractivity contribution in [3.63, 3.8) is 0 Å². The molecule has 4 nitrogen and oxygen atoms in total. The number of rotatable bonds is 5. The van der Waals surface area contributed by atoms with Gasteiger partial charge in [0.25, 0.3) is 0 Å². The summed E-state index contributed by atoms with van der Waals surface area (Å²) in [7, 11) is 1.99. The highest BCUT2D eigenvalue weighted by Crippen LogP contribution is 2.26. The van der Waals surface area contributed by atoms with E-state index in [4.69, 9.17) is 0 Å². The third-order valence-electron chi connectivity index (χ3n) is 4.59. The number of β-amino-alcohol motifs (C(OH)–C–C–N with tert-alkyl or cyclic N) is 1. The number of aromatic nitrogens is 1. The third-order valence-corrected chi connectivity index (χ3v) is 5.43. The first-order valence-electron chi connectivity index (χ1n) is 8.28. The summed E-state index contributed by atoms with van der Waals surface area (Å²) in [5.74, 6) is 0.894. The second-order valence-corrected chi connectivity index (χ2v) is 7.62. The van der Waals surface area contributed by atoms with E-state index in [1.807, 2.05) is 37.1 Å². The molecule has 24 heavy (non-hydrogen) atoms. The second-order valence-electron chi connectivity index (χ2n) is 6.76. The van der Waals surface area contributed by atoms with E-state index in [9.17, 15) is 5.11 Å². The molecular formula is C19H24BrN3O. The highest BCUT2D eigenvalue weighted by atomic mass is 79.9. The SMILES string of the molecule is Cc1nc(N(C)CC2(O)CCN(Cc3ccccc3)C2)ccc1Br. The number of likely N-dealkylation sites (N-methyl/N-ethyl adjacent to an activating group) is 1. The average molecular weight is 390 g/mol. The Balaban J connectivity index is 1.61. The molecule has 0 spiro atoms. The minimum Gasteiger partial charge on any atom is -0.387 e. The first kappa shape index (κ1) is 17.4.